The fourth-order valence-corrected chi connectivity index (χ4v) is 7.60. The second-order valence-electron chi connectivity index (χ2n) is 10.5. The molecule has 262 valence electrons. The van der Waals surface area contributed by atoms with E-state index in [1.54, 1.807) is 56.3 Å². The van der Waals surface area contributed by atoms with Crippen LogP contribution in [0.4, 0.5) is 20.9 Å². The quantitative estimate of drug-likeness (QED) is 0.0881. The molecule has 13 nitrogen and oxygen atoms in total. The van der Waals surface area contributed by atoms with Crippen LogP contribution in [0.2, 0.25) is 0 Å². The third-order valence-corrected chi connectivity index (χ3v) is 10.2. The summed E-state index contributed by atoms with van der Waals surface area (Å²) < 4.78 is 23.1. The molecule has 2 N–H and O–H groups in total. The molecule has 0 fully saturated rings. The monoisotopic (exact) mass is 742 g/mol. The maximum atomic E-state index is 13.1. The largest absolute Gasteiger partial charge is 0.478 e. The maximum absolute atomic E-state index is 13.1. The molecular formula is C33H31FN4O9S3. The van der Waals surface area contributed by atoms with Gasteiger partial charge in [0.05, 0.1) is 51.5 Å². The molecule has 0 aliphatic heterocycles. The number of thiophene rings is 2. The first kappa shape index (κ1) is 37.9. The minimum atomic E-state index is -1.03. The van der Waals surface area contributed by atoms with Crippen LogP contribution in [0.15, 0.2) is 54.7 Å². The van der Waals surface area contributed by atoms with Crippen molar-refractivity contribution in [3.05, 3.63) is 112 Å². The number of aromatic nitrogens is 1. The number of carbonyl (C=O) groups excluding carboxylic acids is 1. The first-order valence-electron chi connectivity index (χ1n) is 14.7. The summed E-state index contributed by atoms with van der Waals surface area (Å²) in [5.74, 6) is -1.47. The summed E-state index contributed by atoms with van der Waals surface area (Å²) in [6, 6.07) is 13.3. The van der Waals surface area contributed by atoms with Crippen LogP contribution in [0.25, 0.3) is 20.9 Å². The van der Waals surface area contributed by atoms with Gasteiger partial charge in [-0.25, -0.2) is 9.78 Å². The molecule has 0 spiro atoms. The minimum absolute atomic E-state index is 0.00903. The van der Waals surface area contributed by atoms with Crippen molar-refractivity contribution >= 4 is 62.4 Å². The summed E-state index contributed by atoms with van der Waals surface area (Å²) in [6.45, 7) is 4.20. The van der Waals surface area contributed by atoms with Gasteiger partial charge >= 0.3 is 5.97 Å². The predicted octanol–water partition coefficient (Wildman–Crippen LogP) is 8.19. The molecule has 0 unspecified atom stereocenters. The zero-order chi connectivity index (χ0) is 36.5. The molecule has 0 saturated carbocycles. The number of nitrogens with zero attached hydrogens (tertiary/aromatic N) is 3. The average molecular weight is 743 g/mol. The Labute approximate surface area is 297 Å². The van der Waals surface area contributed by atoms with Crippen LogP contribution < -0.4 is 5.32 Å². The normalized spacial score (nSPS) is 10.7. The number of carboxylic acid groups (broad SMARTS) is 1. The van der Waals surface area contributed by atoms with Crippen molar-refractivity contribution in [2.45, 2.75) is 26.7 Å². The number of carbonyl (C=O) groups is 2. The van der Waals surface area contributed by atoms with Crippen molar-refractivity contribution in [1.82, 2.24) is 4.98 Å². The molecule has 0 atom stereocenters. The lowest BCUT2D eigenvalue weighted by molar-refractivity contribution is -0.385. The van der Waals surface area contributed by atoms with Gasteiger partial charge in [-0.3, -0.25) is 30.3 Å². The summed E-state index contributed by atoms with van der Waals surface area (Å²) in [6.07, 6.45) is 1.87. The van der Waals surface area contributed by atoms with Gasteiger partial charge in [-0.2, -0.15) is 4.39 Å². The summed E-state index contributed by atoms with van der Waals surface area (Å²) >= 11 is 3.26. The highest BCUT2D eigenvalue weighted by atomic mass is 32.1. The Bertz CT molecular complexity index is 2040. The molecule has 17 heteroatoms. The lowest BCUT2D eigenvalue weighted by Gasteiger charge is -2.06. The number of amides is 1. The topological polar surface area (TPSA) is 184 Å². The number of benzene rings is 2. The Hall–Kier alpha value is -4.94. The molecule has 0 bridgehead atoms. The number of nitro groups is 2. The van der Waals surface area contributed by atoms with E-state index in [0.717, 1.165) is 17.5 Å². The Morgan fingerprint density at radius 3 is 1.72 bits per heavy atom. The Kier molecular flexibility index (Phi) is 13.0. The van der Waals surface area contributed by atoms with Gasteiger partial charge in [0.25, 0.3) is 17.3 Å². The highest BCUT2D eigenvalue weighted by Crippen LogP contribution is 2.40. The summed E-state index contributed by atoms with van der Waals surface area (Å²) in [5.41, 5.74) is 2.61. The zero-order valence-electron chi connectivity index (χ0n) is 27.2. The highest BCUT2D eigenvalue weighted by Gasteiger charge is 2.25. The fourth-order valence-electron chi connectivity index (χ4n) is 4.98. The molecule has 50 heavy (non-hydrogen) atoms. The molecule has 1 amide bonds. The number of anilines is 1. The lowest BCUT2D eigenvalue weighted by atomic mass is 10.0. The summed E-state index contributed by atoms with van der Waals surface area (Å²) in [4.78, 5) is 52.3. The van der Waals surface area contributed by atoms with Crippen molar-refractivity contribution < 1.29 is 38.4 Å². The van der Waals surface area contributed by atoms with E-state index in [1.807, 2.05) is 0 Å². The molecule has 3 heterocycles. The van der Waals surface area contributed by atoms with E-state index in [1.165, 1.54) is 43.0 Å². The Morgan fingerprint density at radius 1 is 0.840 bits per heavy atom. The van der Waals surface area contributed by atoms with Gasteiger partial charge in [0.2, 0.25) is 0 Å². The van der Waals surface area contributed by atoms with Crippen LogP contribution in [0.5, 0.6) is 0 Å². The molecule has 0 radical (unpaired) electrons. The highest BCUT2D eigenvalue weighted by molar-refractivity contribution is 7.16. The number of halogens is 1. The third-order valence-electron chi connectivity index (χ3n) is 7.29. The number of ether oxygens (including phenoxy) is 2. The van der Waals surface area contributed by atoms with Crippen LogP contribution in [0.3, 0.4) is 0 Å². The van der Waals surface area contributed by atoms with Gasteiger partial charge in [-0.15, -0.1) is 22.7 Å². The van der Waals surface area contributed by atoms with E-state index in [0.29, 0.717) is 73.4 Å². The number of carboxylic acids is 1. The number of methoxy groups -OCH3 is 2. The summed E-state index contributed by atoms with van der Waals surface area (Å²) in [5, 5.41) is 34.5. The van der Waals surface area contributed by atoms with Gasteiger partial charge in [0, 0.05) is 57.7 Å². The van der Waals surface area contributed by atoms with Gasteiger partial charge in [0.15, 0.2) is 10.3 Å². The average Bonchev–Trinajstić information content (AvgIpc) is 3.79. The van der Waals surface area contributed by atoms with Crippen LogP contribution >= 0.6 is 34.0 Å². The third kappa shape index (κ3) is 8.99. The summed E-state index contributed by atoms with van der Waals surface area (Å²) in [7, 11) is 3.08. The fraction of sp³-hybridized carbons (Fsp3) is 0.242. The van der Waals surface area contributed by atoms with Crippen molar-refractivity contribution in [1.29, 1.82) is 0 Å². The molecule has 0 saturated heterocycles. The number of aromatic carboxylic acids is 1. The smallest absolute Gasteiger partial charge is 0.336 e. The predicted molar refractivity (Wildman–Crippen MR) is 190 cm³/mol. The first-order chi connectivity index (χ1) is 23.9. The first-order valence-corrected chi connectivity index (χ1v) is 17.2. The van der Waals surface area contributed by atoms with E-state index in [9.17, 15) is 34.2 Å². The van der Waals surface area contributed by atoms with Crippen LogP contribution in [0.1, 0.15) is 41.6 Å². The lowest BCUT2D eigenvalue weighted by Crippen LogP contribution is -2.11. The van der Waals surface area contributed by atoms with E-state index in [2.05, 4.69) is 10.3 Å². The number of hydrogen-bond acceptors (Lipinski definition) is 12. The molecular weight excluding hydrogens is 712 g/mol. The van der Waals surface area contributed by atoms with Crippen LogP contribution in [-0.4, -0.2) is 59.2 Å². The molecule has 2 aromatic carbocycles. The van der Waals surface area contributed by atoms with Gasteiger partial charge in [-0.1, -0.05) is 35.6 Å². The van der Waals surface area contributed by atoms with Crippen molar-refractivity contribution in [3.8, 4) is 20.9 Å². The molecule has 5 aromatic rings. The number of nitro benzene ring substituents is 2. The SMILES string of the molecule is COCCc1cccc(-c2cc(C(=O)Nc3ncc(F)s3)c(C)s2)c1[N+](=O)[O-].COCCc1cccc(-c2cc(C(=O)O)c(C)s2)c1[N+](=O)[O-]. The molecule has 0 aliphatic carbocycles. The van der Waals surface area contributed by atoms with Gasteiger partial charge in [-0.05, 0) is 38.1 Å². The van der Waals surface area contributed by atoms with E-state index in [4.69, 9.17) is 14.6 Å². The number of nitrogens with one attached hydrogen (secondary N) is 1. The van der Waals surface area contributed by atoms with Crippen LogP contribution in [0, 0.1) is 39.2 Å². The van der Waals surface area contributed by atoms with Crippen LogP contribution in [-0.2, 0) is 22.3 Å². The van der Waals surface area contributed by atoms with Crippen molar-refractivity contribution in [3.63, 3.8) is 0 Å². The number of rotatable bonds is 13. The van der Waals surface area contributed by atoms with Gasteiger partial charge < -0.3 is 14.6 Å². The molecule has 3 aromatic heterocycles. The zero-order valence-corrected chi connectivity index (χ0v) is 29.6. The number of para-hydroxylation sites is 2. The van der Waals surface area contributed by atoms with Gasteiger partial charge in [0.1, 0.15) is 0 Å². The Balaban J connectivity index is 0.000000232. The van der Waals surface area contributed by atoms with E-state index >= 15 is 0 Å². The number of thiazole rings is 1. The maximum Gasteiger partial charge on any atom is 0.336 e. The van der Waals surface area contributed by atoms with E-state index in [-0.39, 0.29) is 22.1 Å². The number of aryl methyl sites for hydroxylation is 2. The van der Waals surface area contributed by atoms with E-state index < -0.39 is 26.9 Å². The minimum Gasteiger partial charge on any atom is -0.478 e. The molecule has 0 aliphatic rings. The molecule has 5 rings (SSSR count). The number of hydrogen-bond donors (Lipinski definition) is 2. The standard InChI is InChI=1S/C18H16FN3O4S2.C15H15NO5S/c1-10-13(17(23)21-18-20-9-15(19)28-18)8-14(27-10)12-5-3-4-11(6-7-26-2)16(12)22(24)25;1-9-12(15(17)18)8-13(22-9)11-5-3-4-10(6-7-21-2)14(11)16(19)20/h3-5,8-9H,6-7H2,1-2H3,(H,20,21,23);3-5,8H,6-7H2,1-2H3,(H,17,18). The second-order valence-corrected chi connectivity index (χ2v) is 14.0. The van der Waals surface area contributed by atoms with Crippen molar-refractivity contribution in [2.75, 3.05) is 32.8 Å². The second kappa shape index (κ2) is 17.1. The Morgan fingerprint density at radius 2 is 1.32 bits per heavy atom. The van der Waals surface area contributed by atoms with Crippen molar-refractivity contribution in [2.24, 2.45) is 0 Å².